The fourth-order valence-electron chi connectivity index (χ4n) is 3.48. The molecule has 1 fully saturated rings. The summed E-state index contributed by atoms with van der Waals surface area (Å²) in [7, 11) is 0. The Balaban J connectivity index is 1.53. The van der Waals surface area contributed by atoms with Crippen molar-refractivity contribution in [1.29, 1.82) is 0 Å². The molecule has 1 heterocycles. The molecule has 0 saturated carbocycles. The molecule has 0 bridgehead atoms. The van der Waals surface area contributed by atoms with Crippen LogP contribution in [0.4, 0.5) is 4.79 Å². The Morgan fingerprint density at radius 2 is 1.48 bits per heavy atom. The molecule has 0 radical (unpaired) electrons. The summed E-state index contributed by atoms with van der Waals surface area (Å²) in [5.41, 5.74) is 1.57. The van der Waals surface area contributed by atoms with E-state index in [4.69, 9.17) is 0 Å². The molecule has 1 aliphatic heterocycles. The van der Waals surface area contributed by atoms with Crippen LogP contribution in [-0.2, 0) is 17.9 Å². The van der Waals surface area contributed by atoms with Crippen LogP contribution in [0, 0.1) is 5.41 Å². The van der Waals surface area contributed by atoms with E-state index in [0.29, 0.717) is 26.2 Å². The van der Waals surface area contributed by atoms with Crippen LogP contribution < -0.4 is 10.6 Å². The van der Waals surface area contributed by atoms with Gasteiger partial charge in [-0.3, -0.25) is 4.79 Å². The quantitative estimate of drug-likeness (QED) is 0.854. The predicted octanol–water partition coefficient (Wildman–Crippen LogP) is 3.31. The van der Waals surface area contributed by atoms with Gasteiger partial charge in [-0.25, -0.2) is 4.79 Å². The number of hydrogen-bond acceptors (Lipinski definition) is 2. The van der Waals surface area contributed by atoms with Gasteiger partial charge in [0.2, 0.25) is 5.91 Å². The van der Waals surface area contributed by atoms with Gasteiger partial charge in [0.15, 0.2) is 0 Å². The van der Waals surface area contributed by atoms with Crippen LogP contribution in [-0.4, -0.2) is 29.9 Å². The lowest BCUT2D eigenvalue weighted by Gasteiger charge is -2.39. The van der Waals surface area contributed by atoms with Crippen LogP contribution >= 0.6 is 0 Å². The lowest BCUT2D eigenvalue weighted by molar-refractivity contribution is -0.132. The van der Waals surface area contributed by atoms with Crippen molar-refractivity contribution in [2.24, 2.45) is 5.41 Å². The van der Waals surface area contributed by atoms with Crippen molar-refractivity contribution in [2.75, 3.05) is 13.1 Å². The lowest BCUT2D eigenvalue weighted by Crippen LogP contribution is -2.53. The minimum atomic E-state index is -0.558. The van der Waals surface area contributed by atoms with E-state index in [-0.39, 0.29) is 11.9 Å². The van der Waals surface area contributed by atoms with Crippen molar-refractivity contribution in [3.63, 3.8) is 0 Å². The van der Waals surface area contributed by atoms with Gasteiger partial charge in [-0.1, -0.05) is 60.7 Å². The number of nitrogens with one attached hydrogen (secondary N) is 2. The van der Waals surface area contributed by atoms with E-state index in [9.17, 15) is 9.59 Å². The zero-order valence-electron chi connectivity index (χ0n) is 15.8. The molecule has 5 heteroatoms. The molecule has 0 aromatic heterocycles. The molecule has 3 amide bonds. The average molecular weight is 365 g/mol. The molecule has 5 nitrogen and oxygen atoms in total. The Morgan fingerprint density at radius 1 is 0.926 bits per heavy atom. The van der Waals surface area contributed by atoms with Gasteiger partial charge in [-0.05, 0) is 30.9 Å². The highest BCUT2D eigenvalue weighted by Crippen LogP contribution is 2.30. The first kappa shape index (κ1) is 19.0. The largest absolute Gasteiger partial charge is 0.351 e. The summed E-state index contributed by atoms with van der Waals surface area (Å²) in [6, 6.07) is 19.6. The maximum absolute atomic E-state index is 12.8. The number of piperidine rings is 1. The van der Waals surface area contributed by atoms with E-state index in [1.165, 1.54) is 0 Å². The molecule has 142 valence electrons. The summed E-state index contributed by atoms with van der Waals surface area (Å²) in [6.07, 6.45) is 1.62. The van der Waals surface area contributed by atoms with Gasteiger partial charge >= 0.3 is 6.03 Å². The second kappa shape index (κ2) is 8.71. The van der Waals surface area contributed by atoms with Crippen molar-refractivity contribution in [3.8, 4) is 0 Å². The standard InChI is InChI=1S/C22H27N3O2/c1-22(20(26)23-15-18-9-4-2-5-10-18)13-8-14-25(17-22)21(27)24-16-19-11-6-3-7-12-19/h2-7,9-12H,8,13-17H2,1H3,(H,23,26)(H,24,27). The number of nitrogens with zero attached hydrogens (tertiary/aromatic N) is 1. The molecule has 27 heavy (non-hydrogen) atoms. The Kier molecular flexibility index (Phi) is 6.12. The Bertz CT molecular complexity index is 764. The molecule has 0 aliphatic carbocycles. The molecule has 1 atom stereocenters. The summed E-state index contributed by atoms with van der Waals surface area (Å²) in [5, 5.41) is 5.99. The van der Waals surface area contributed by atoms with Crippen molar-refractivity contribution < 1.29 is 9.59 Å². The SMILES string of the molecule is CC1(C(=O)NCc2ccccc2)CCCN(C(=O)NCc2ccccc2)C1. The first-order valence-corrected chi connectivity index (χ1v) is 9.46. The van der Waals surface area contributed by atoms with Crippen LogP contribution in [0.2, 0.25) is 0 Å². The number of rotatable bonds is 5. The fourth-order valence-corrected chi connectivity index (χ4v) is 3.48. The van der Waals surface area contributed by atoms with Gasteiger partial charge in [-0.15, -0.1) is 0 Å². The van der Waals surface area contributed by atoms with Gasteiger partial charge in [0.1, 0.15) is 0 Å². The number of urea groups is 1. The highest BCUT2D eigenvalue weighted by molar-refractivity contribution is 5.84. The number of benzene rings is 2. The van der Waals surface area contributed by atoms with Crippen LogP contribution in [0.3, 0.4) is 0 Å². The zero-order chi connectivity index (χ0) is 19.1. The molecule has 2 aromatic rings. The van der Waals surface area contributed by atoms with Crippen LogP contribution in [0.25, 0.3) is 0 Å². The van der Waals surface area contributed by atoms with Crippen molar-refractivity contribution in [1.82, 2.24) is 15.5 Å². The van der Waals surface area contributed by atoms with Gasteiger partial charge < -0.3 is 15.5 Å². The molecule has 0 spiro atoms. The van der Waals surface area contributed by atoms with E-state index < -0.39 is 5.41 Å². The molecular formula is C22H27N3O2. The van der Waals surface area contributed by atoms with Gasteiger partial charge in [0.05, 0.1) is 5.41 Å². The van der Waals surface area contributed by atoms with Gasteiger partial charge in [-0.2, -0.15) is 0 Å². The number of carbonyl (C=O) groups is 2. The molecule has 1 unspecified atom stereocenters. The average Bonchev–Trinajstić information content (AvgIpc) is 2.71. The maximum Gasteiger partial charge on any atom is 0.317 e. The lowest BCUT2D eigenvalue weighted by atomic mass is 9.81. The third kappa shape index (κ3) is 5.09. The Labute approximate surface area is 160 Å². The minimum absolute atomic E-state index is 0.00640. The van der Waals surface area contributed by atoms with Crippen LogP contribution in [0.1, 0.15) is 30.9 Å². The highest BCUT2D eigenvalue weighted by atomic mass is 16.2. The summed E-state index contributed by atoms with van der Waals surface area (Å²) in [4.78, 5) is 27.1. The summed E-state index contributed by atoms with van der Waals surface area (Å²) in [5.74, 6) is 0.00640. The first-order valence-electron chi connectivity index (χ1n) is 9.46. The van der Waals surface area contributed by atoms with Crippen molar-refractivity contribution in [2.45, 2.75) is 32.9 Å². The number of likely N-dealkylation sites (tertiary alicyclic amines) is 1. The second-order valence-corrected chi connectivity index (χ2v) is 7.40. The van der Waals surface area contributed by atoms with Crippen LogP contribution in [0.15, 0.2) is 60.7 Å². The normalized spacial score (nSPS) is 19.4. The van der Waals surface area contributed by atoms with Gasteiger partial charge in [0.25, 0.3) is 0 Å². The molecule has 3 rings (SSSR count). The first-order chi connectivity index (χ1) is 13.1. The van der Waals surface area contributed by atoms with Crippen molar-refractivity contribution in [3.05, 3.63) is 71.8 Å². The van der Waals surface area contributed by atoms with Gasteiger partial charge in [0, 0.05) is 26.2 Å². The number of hydrogen-bond donors (Lipinski definition) is 2. The zero-order valence-corrected chi connectivity index (χ0v) is 15.8. The minimum Gasteiger partial charge on any atom is -0.351 e. The fraction of sp³-hybridized carbons (Fsp3) is 0.364. The molecule has 2 aromatic carbocycles. The number of carbonyl (C=O) groups excluding carboxylic acids is 2. The summed E-state index contributed by atoms with van der Waals surface area (Å²) < 4.78 is 0. The molecule has 1 saturated heterocycles. The Morgan fingerprint density at radius 3 is 2.07 bits per heavy atom. The Hall–Kier alpha value is -2.82. The molecule has 1 aliphatic rings. The van der Waals surface area contributed by atoms with E-state index in [0.717, 1.165) is 24.0 Å². The number of amides is 3. The second-order valence-electron chi connectivity index (χ2n) is 7.40. The predicted molar refractivity (Wildman–Crippen MR) is 106 cm³/mol. The van der Waals surface area contributed by atoms with E-state index >= 15 is 0 Å². The smallest absolute Gasteiger partial charge is 0.317 e. The van der Waals surface area contributed by atoms with E-state index in [1.807, 2.05) is 67.6 Å². The third-order valence-corrected chi connectivity index (χ3v) is 5.11. The topological polar surface area (TPSA) is 61.4 Å². The molecule has 2 N–H and O–H groups in total. The van der Waals surface area contributed by atoms with E-state index in [2.05, 4.69) is 10.6 Å². The monoisotopic (exact) mass is 365 g/mol. The molecular weight excluding hydrogens is 338 g/mol. The van der Waals surface area contributed by atoms with Crippen LogP contribution in [0.5, 0.6) is 0 Å². The summed E-state index contributed by atoms with van der Waals surface area (Å²) >= 11 is 0. The maximum atomic E-state index is 12.8. The van der Waals surface area contributed by atoms with E-state index in [1.54, 1.807) is 4.90 Å². The summed E-state index contributed by atoms with van der Waals surface area (Å²) in [6.45, 7) is 4.07. The third-order valence-electron chi connectivity index (χ3n) is 5.11. The van der Waals surface area contributed by atoms with Crippen molar-refractivity contribution >= 4 is 11.9 Å². The highest BCUT2D eigenvalue weighted by Gasteiger charge is 2.39.